The molecule has 2 nitrogen and oxygen atoms in total. The molecular formula is C30H36F4O2. The maximum atomic E-state index is 15.1. The van der Waals surface area contributed by atoms with Crippen molar-refractivity contribution >= 4 is 0 Å². The van der Waals surface area contributed by atoms with Crippen molar-refractivity contribution in [1.29, 1.82) is 0 Å². The van der Waals surface area contributed by atoms with Crippen LogP contribution in [0, 0.1) is 29.2 Å². The molecule has 0 aromatic heterocycles. The van der Waals surface area contributed by atoms with Gasteiger partial charge in [-0.3, -0.25) is 0 Å². The van der Waals surface area contributed by atoms with Gasteiger partial charge in [0.1, 0.15) is 0 Å². The molecule has 36 heavy (non-hydrogen) atoms. The van der Waals surface area contributed by atoms with Crippen molar-refractivity contribution < 1.29 is 27.0 Å². The molecule has 0 N–H and O–H groups in total. The Kier molecular flexibility index (Phi) is 9.10. The van der Waals surface area contributed by atoms with Gasteiger partial charge in [0.05, 0.1) is 19.3 Å². The van der Waals surface area contributed by atoms with Gasteiger partial charge < -0.3 is 9.47 Å². The van der Waals surface area contributed by atoms with Crippen LogP contribution in [0.2, 0.25) is 0 Å². The average molecular weight is 505 g/mol. The van der Waals surface area contributed by atoms with Crippen LogP contribution < -0.4 is 4.74 Å². The molecule has 0 amide bonds. The molecule has 0 bridgehead atoms. The Balaban J connectivity index is 1.31. The third-order valence-electron chi connectivity index (χ3n) is 7.89. The Bertz CT molecular complexity index is 1040. The second kappa shape index (κ2) is 12.3. The maximum absolute atomic E-state index is 15.1. The number of hydrogen-bond donors (Lipinski definition) is 0. The van der Waals surface area contributed by atoms with E-state index in [2.05, 4.69) is 13.5 Å². The largest absolute Gasteiger partial charge is 0.490 e. The van der Waals surface area contributed by atoms with Crippen molar-refractivity contribution in [2.45, 2.75) is 89.3 Å². The summed E-state index contributed by atoms with van der Waals surface area (Å²) >= 11 is 0. The first kappa shape index (κ1) is 26.7. The van der Waals surface area contributed by atoms with Crippen molar-refractivity contribution in [3.63, 3.8) is 0 Å². The normalized spacial score (nSPS) is 24.5. The van der Waals surface area contributed by atoms with Crippen LogP contribution in [-0.4, -0.2) is 12.7 Å². The van der Waals surface area contributed by atoms with E-state index < -0.39 is 23.3 Å². The van der Waals surface area contributed by atoms with Gasteiger partial charge >= 0.3 is 0 Å². The van der Waals surface area contributed by atoms with Gasteiger partial charge in [-0.2, -0.15) is 4.39 Å². The van der Waals surface area contributed by atoms with E-state index >= 15 is 4.39 Å². The minimum absolute atomic E-state index is 0.0529. The Morgan fingerprint density at radius 2 is 1.36 bits per heavy atom. The average Bonchev–Trinajstić information content (AvgIpc) is 2.89. The van der Waals surface area contributed by atoms with E-state index in [0.717, 1.165) is 25.7 Å². The summed E-state index contributed by atoms with van der Waals surface area (Å²) in [6.45, 7) is 5.95. The van der Waals surface area contributed by atoms with Crippen molar-refractivity contribution in [3.05, 3.63) is 76.9 Å². The van der Waals surface area contributed by atoms with Gasteiger partial charge in [0.25, 0.3) is 0 Å². The van der Waals surface area contributed by atoms with Crippen molar-refractivity contribution in [2.75, 3.05) is 6.61 Å². The lowest BCUT2D eigenvalue weighted by atomic mass is 9.77. The Labute approximate surface area is 211 Å². The third-order valence-corrected chi connectivity index (χ3v) is 7.89. The standard InChI is InChI=1S/C30H36F4O2/c1-3-4-17-35-26-16-11-22(27(31)30(26)34)18-36-23-12-9-21(10-13-23)25-15-14-24(28(32)29(25)33)20-7-5-19(2)6-8-20/h3,11,14-16,19-21,23H,1,4-10,12-13,17-18H2,2H3. The monoisotopic (exact) mass is 504 g/mol. The van der Waals surface area contributed by atoms with Crippen LogP contribution in [0.1, 0.15) is 93.2 Å². The second-order valence-corrected chi connectivity index (χ2v) is 10.4. The summed E-state index contributed by atoms with van der Waals surface area (Å²) in [5.74, 6) is -2.81. The highest BCUT2D eigenvalue weighted by molar-refractivity contribution is 5.32. The van der Waals surface area contributed by atoms with Gasteiger partial charge in [-0.05, 0) is 86.0 Å². The smallest absolute Gasteiger partial charge is 0.200 e. The van der Waals surface area contributed by atoms with Crippen LogP contribution in [-0.2, 0) is 11.3 Å². The number of rotatable bonds is 9. The molecule has 0 atom stereocenters. The summed E-state index contributed by atoms with van der Waals surface area (Å²) < 4.78 is 69.9. The molecule has 0 spiro atoms. The molecule has 4 rings (SSSR count). The van der Waals surface area contributed by atoms with E-state index in [1.165, 1.54) is 12.1 Å². The molecule has 2 fully saturated rings. The molecule has 2 aliphatic carbocycles. The zero-order chi connectivity index (χ0) is 25.7. The van der Waals surface area contributed by atoms with E-state index in [4.69, 9.17) is 9.47 Å². The molecule has 196 valence electrons. The molecule has 2 saturated carbocycles. The Hall–Kier alpha value is -2.34. The van der Waals surface area contributed by atoms with Crippen LogP contribution in [0.25, 0.3) is 0 Å². The lowest BCUT2D eigenvalue weighted by Crippen LogP contribution is -2.22. The predicted octanol–water partition coefficient (Wildman–Crippen LogP) is 8.73. The van der Waals surface area contributed by atoms with Gasteiger partial charge in [0, 0.05) is 5.56 Å². The van der Waals surface area contributed by atoms with E-state index in [-0.39, 0.29) is 42.5 Å². The lowest BCUT2D eigenvalue weighted by Gasteiger charge is -2.30. The minimum Gasteiger partial charge on any atom is -0.490 e. The zero-order valence-electron chi connectivity index (χ0n) is 21.0. The topological polar surface area (TPSA) is 18.5 Å². The maximum Gasteiger partial charge on any atom is 0.200 e. The highest BCUT2D eigenvalue weighted by Crippen LogP contribution is 2.41. The summed E-state index contributed by atoms with van der Waals surface area (Å²) in [6.07, 6.45) is 8.61. The Morgan fingerprint density at radius 1 is 0.778 bits per heavy atom. The quantitative estimate of drug-likeness (QED) is 0.193. The van der Waals surface area contributed by atoms with E-state index in [1.807, 2.05) is 0 Å². The zero-order valence-corrected chi connectivity index (χ0v) is 21.0. The fourth-order valence-corrected chi connectivity index (χ4v) is 5.58. The molecule has 2 aromatic rings. The summed E-state index contributed by atoms with van der Waals surface area (Å²) in [7, 11) is 0. The summed E-state index contributed by atoms with van der Waals surface area (Å²) in [6, 6.07) is 6.44. The van der Waals surface area contributed by atoms with Gasteiger partial charge in [-0.15, -0.1) is 6.58 Å². The van der Waals surface area contributed by atoms with Crippen LogP contribution >= 0.6 is 0 Å². The van der Waals surface area contributed by atoms with E-state index in [1.54, 1.807) is 18.2 Å². The molecule has 2 aromatic carbocycles. The lowest BCUT2D eigenvalue weighted by molar-refractivity contribution is 0.0116. The summed E-state index contributed by atoms with van der Waals surface area (Å²) in [4.78, 5) is 0. The fraction of sp³-hybridized carbons (Fsp3) is 0.533. The highest BCUT2D eigenvalue weighted by Gasteiger charge is 2.29. The molecule has 6 heteroatoms. The number of benzene rings is 2. The number of hydrogen-bond acceptors (Lipinski definition) is 2. The molecule has 2 aliphatic rings. The molecular weight excluding hydrogens is 468 g/mol. The van der Waals surface area contributed by atoms with Crippen LogP contribution in [0.4, 0.5) is 17.6 Å². The summed E-state index contributed by atoms with van der Waals surface area (Å²) in [5, 5.41) is 0. The van der Waals surface area contributed by atoms with E-state index in [9.17, 15) is 13.2 Å². The van der Waals surface area contributed by atoms with Gasteiger partial charge in [0.2, 0.25) is 5.82 Å². The van der Waals surface area contributed by atoms with Crippen molar-refractivity contribution in [1.82, 2.24) is 0 Å². The van der Waals surface area contributed by atoms with Crippen molar-refractivity contribution in [2.24, 2.45) is 5.92 Å². The molecule has 0 saturated heterocycles. The first-order chi connectivity index (χ1) is 17.4. The Morgan fingerprint density at radius 3 is 1.94 bits per heavy atom. The highest BCUT2D eigenvalue weighted by atomic mass is 19.2. The number of ether oxygens (including phenoxy) is 2. The van der Waals surface area contributed by atoms with Crippen LogP contribution in [0.15, 0.2) is 36.9 Å². The molecule has 0 aliphatic heterocycles. The third kappa shape index (κ3) is 6.13. The minimum atomic E-state index is -1.02. The van der Waals surface area contributed by atoms with Crippen LogP contribution in [0.5, 0.6) is 5.75 Å². The molecule has 0 unspecified atom stereocenters. The second-order valence-electron chi connectivity index (χ2n) is 10.4. The first-order valence-electron chi connectivity index (χ1n) is 13.2. The predicted molar refractivity (Wildman–Crippen MR) is 133 cm³/mol. The van der Waals surface area contributed by atoms with Crippen LogP contribution in [0.3, 0.4) is 0 Å². The van der Waals surface area contributed by atoms with Crippen molar-refractivity contribution in [3.8, 4) is 5.75 Å². The SMILES string of the molecule is C=CCCOc1ccc(COC2CCC(c3ccc(C4CCC(C)CC4)c(F)c3F)CC2)c(F)c1F. The summed E-state index contributed by atoms with van der Waals surface area (Å²) in [5.41, 5.74) is 1.09. The first-order valence-corrected chi connectivity index (χ1v) is 13.2. The number of halogens is 4. The van der Waals surface area contributed by atoms with Gasteiger partial charge in [0.15, 0.2) is 23.2 Å². The molecule has 0 heterocycles. The molecule has 0 radical (unpaired) electrons. The van der Waals surface area contributed by atoms with E-state index in [0.29, 0.717) is 49.1 Å². The van der Waals surface area contributed by atoms with Gasteiger partial charge in [-0.25, -0.2) is 13.2 Å². The van der Waals surface area contributed by atoms with Gasteiger partial charge in [-0.1, -0.05) is 38.0 Å². The fourth-order valence-electron chi connectivity index (χ4n) is 5.58.